The molecule has 4 heteroatoms. The van der Waals surface area contributed by atoms with E-state index in [0.29, 0.717) is 5.56 Å². The van der Waals surface area contributed by atoms with Crippen LogP contribution in [0.1, 0.15) is 5.56 Å². The van der Waals surface area contributed by atoms with Gasteiger partial charge in [-0.25, -0.2) is 0 Å². The van der Waals surface area contributed by atoms with Crippen molar-refractivity contribution in [2.75, 3.05) is 0 Å². The number of nitrogens with zero attached hydrogens (tertiary/aromatic N) is 1. The molecule has 0 atom stereocenters. The van der Waals surface area contributed by atoms with Gasteiger partial charge in [0.05, 0.1) is 4.92 Å². The molecule has 0 heterocycles. The largest absolute Gasteiger partial charge is 0.270 e. The van der Waals surface area contributed by atoms with Gasteiger partial charge in [-0.1, -0.05) is 12.0 Å². The molecular weight excluding hydrogens is 269 g/mol. The van der Waals surface area contributed by atoms with Gasteiger partial charge in [0.2, 0.25) is 0 Å². The summed E-state index contributed by atoms with van der Waals surface area (Å²) in [5, 5.41) is 10.3. The van der Waals surface area contributed by atoms with Crippen molar-refractivity contribution in [1.82, 2.24) is 0 Å². The van der Waals surface area contributed by atoms with Crippen molar-refractivity contribution >= 4 is 28.3 Å². The Morgan fingerprint density at radius 2 is 2.25 bits per heavy atom. The highest BCUT2D eigenvalue weighted by Crippen LogP contribution is 2.11. The minimum absolute atomic E-state index is 0.0756. The first-order valence-corrected chi connectivity index (χ1v) is 4.18. The number of hydrogen-bond acceptors (Lipinski definition) is 2. The van der Waals surface area contributed by atoms with E-state index in [1.807, 2.05) is 22.6 Å². The van der Waals surface area contributed by atoms with Crippen molar-refractivity contribution in [2.24, 2.45) is 0 Å². The zero-order chi connectivity index (χ0) is 8.97. The lowest BCUT2D eigenvalue weighted by molar-refractivity contribution is -0.384. The number of benzene rings is 1. The second-order valence-electron chi connectivity index (χ2n) is 2.03. The molecule has 0 aliphatic carbocycles. The maximum Gasteiger partial charge on any atom is 0.270 e. The molecule has 0 fully saturated rings. The zero-order valence-electron chi connectivity index (χ0n) is 5.95. The van der Waals surface area contributed by atoms with Gasteiger partial charge in [0.25, 0.3) is 5.69 Å². The Labute approximate surface area is 83.1 Å². The third-order valence-electron chi connectivity index (χ3n) is 1.25. The van der Waals surface area contributed by atoms with Crippen LogP contribution in [0.15, 0.2) is 24.3 Å². The van der Waals surface area contributed by atoms with Crippen molar-refractivity contribution in [1.29, 1.82) is 0 Å². The number of nitro groups is 1. The molecule has 0 saturated carbocycles. The fourth-order valence-corrected chi connectivity index (χ4v) is 1.06. The van der Waals surface area contributed by atoms with E-state index in [1.54, 1.807) is 12.1 Å². The summed E-state index contributed by atoms with van der Waals surface area (Å²) >= 11 is 1.89. The summed E-state index contributed by atoms with van der Waals surface area (Å²) in [5.74, 6) is 2.74. The van der Waals surface area contributed by atoms with Crippen LogP contribution >= 0.6 is 22.6 Å². The van der Waals surface area contributed by atoms with Gasteiger partial charge in [0, 0.05) is 40.3 Å². The van der Waals surface area contributed by atoms with Crippen molar-refractivity contribution in [3.05, 3.63) is 39.9 Å². The fourth-order valence-electron chi connectivity index (χ4n) is 0.752. The molecule has 60 valence electrons. The molecule has 0 spiro atoms. The summed E-state index contributed by atoms with van der Waals surface area (Å²) in [5.41, 5.74) is 0.741. The topological polar surface area (TPSA) is 43.1 Å². The third-order valence-corrected chi connectivity index (χ3v) is 1.52. The average Bonchev–Trinajstić information content (AvgIpc) is 2.05. The molecule has 0 radical (unpaired) electrons. The van der Waals surface area contributed by atoms with Gasteiger partial charge in [0.1, 0.15) is 0 Å². The molecule has 3 nitrogen and oxygen atoms in total. The maximum absolute atomic E-state index is 10.3. The lowest BCUT2D eigenvalue weighted by atomic mass is 10.2. The van der Waals surface area contributed by atoms with Crippen molar-refractivity contribution in [3.8, 4) is 9.85 Å². The SMILES string of the molecule is O=[N+]([O-])c1cccc(C#CI)c1. The maximum atomic E-state index is 10.3. The summed E-state index contributed by atoms with van der Waals surface area (Å²) < 4.78 is 2.65. The first-order valence-electron chi connectivity index (χ1n) is 3.10. The number of hydrogen-bond donors (Lipinski definition) is 0. The molecule has 1 aromatic rings. The standard InChI is InChI=1S/C8H4INO2/c9-5-4-7-2-1-3-8(6-7)10(11)12/h1-3,6H. The van der Waals surface area contributed by atoms with Crippen LogP contribution in [0.5, 0.6) is 0 Å². The zero-order valence-corrected chi connectivity index (χ0v) is 8.11. The second kappa shape index (κ2) is 4.07. The molecule has 0 aromatic heterocycles. The lowest BCUT2D eigenvalue weighted by Crippen LogP contribution is -1.87. The lowest BCUT2D eigenvalue weighted by Gasteiger charge is -1.90. The van der Waals surface area contributed by atoms with Crippen molar-refractivity contribution in [2.45, 2.75) is 0 Å². The van der Waals surface area contributed by atoms with Gasteiger partial charge in [-0.05, 0) is 9.99 Å². The minimum atomic E-state index is -0.432. The van der Waals surface area contributed by atoms with Crippen LogP contribution in [0, 0.1) is 20.0 Å². The van der Waals surface area contributed by atoms with Gasteiger partial charge in [-0.3, -0.25) is 10.1 Å². The quantitative estimate of drug-likeness (QED) is 0.341. The average molecular weight is 273 g/mol. The van der Waals surface area contributed by atoms with Crippen LogP contribution in [0.25, 0.3) is 0 Å². The molecule has 12 heavy (non-hydrogen) atoms. The monoisotopic (exact) mass is 273 g/mol. The van der Waals surface area contributed by atoms with E-state index in [2.05, 4.69) is 9.85 Å². The van der Waals surface area contributed by atoms with Crippen LogP contribution < -0.4 is 0 Å². The number of rotatable bonds is 1. The predicted molar refractivity (Wildman–Crippen MR) is 54.0 cm³/mol. The van der Waals surface area contributed by atoms with E-state index in [1.165, 1.54) is 12.1 Å². The van der Waals surface area contributed by atoms with Crippen LogP contribution in [0.3, 0.4) is 0 Å². The molecule has 1 aromatic carbocycles. The third kappa shape index (κ3) is 2.20. The Hall–Kier alpha value is -1.09. The van der Waals surface area contributed by atoms with E-state index < -0.39 is 4.92 Å². The molecule has 0 N–H and O–H groups in total. The Kier molecular flexibility index (Phi) is 3.05. The minimum Gasteiger partial charge on any atom is -0.258 e. The molecule has 0 unspecified atom stereocenters. The van der Waals surface area contributed by atoms with Crippen LogP contribution in [-0.4, -0.2) is 4.92 Å². The van der Waals surface area contributed by atoms with Gasteiger partial charge < -0.3 is 0 Å². The molecule has 0 aliphatic heterocycles. The highest BCUT2D eigenvalue weighted by molar-refractivity contribution is 14.1. The van der Waals surface area contributed by atoms with Gasteiger partial charge in [-0.15, -0.1) is 0 Å². The molecule has 0 aliphatic rings. The van der Waals surface area contributed by atoms with Crippen LogP contribution in [-0.2, 0) is 0 Å². The Balaban J connectivity index is 3.09. The summed E-state index contributed by atoms with van der Waals surface area (Å²) in [4.78, 5) is 9.88. The van der Waals surface area contributed by atoms with E-state index in [9.17, 15) is 10.1 Å². The first-order chi connectivity index (χ1) is 5.74. The second-order valence-corrected chi connectivity index (χ2v) is 2.57. The van der Waals surface area contributed by atoms with E-state index in [0.717, 1.165) is 0 Å². The predicted octanol–water partition coefficient (Wildman–Crippen LogP) is 2.34. The summed E-state index contributed by atoms with van der Waals surface area (Å²) in [6, 6.07) is 6.25. The first kappa shape index (κ1) is 9.00. The fraction of sp³-hybridized carbons (Fsp3) is 0. The van der Waals surface area contributed by atoms with E-state index in [4.69, 9.17) is 0 Å². The Morgan fingerprint density at radius 3 is 2.83 bits per heavy atom. The number of non-ortho nitro benzene ring substituents is 1. The molecule has 0 bridgehead atoms. The van der Waals surface area contributed by atoms with E-state index in [-0.39, 0.29) is 5.69 Å². The van der Waals surface area contributed by atoms with Crippen molar-refractivity contribution < 1.29 is 4.92 Å². The molecular formula is C8H4INO2. The number of halogens is 1. The summed E-state index contributed by atoms with van der Waals surface area (Å²) in [7, 11) is 0. The highest BCUT2D eigenvalue weighted by atomic mass is 127. The highest BCUT2D eigenvalue weighted by Gasteiger charge is 2.03. The van der Waals surface area contributed by atoms with Gasteiger partial charge >= 0.3 is 0 Å². The van der Waals surface area contributed by atoms with Crippen LogP contribution in [0.2, 0.25) is 0 Å². The van der Waals surface area contributed by atoms with Gasteiger partial charge in [0.15, 0.2) is 0 Å². The molecule has 1 rings (SSSR count). The van der Waals surface area contributed by atoms with E-state index >= 15 is 0 Å². The summed E-state index contributed by atoms with van der Waals surface area (Å²) in [6.07, 6.45) is 0. The molecule has 0 amide bonds. The van der Waals surface area contributed by atoms with Gasteiger partial charge in [-0.2, -0.15) is 0 Å². The number of nitro benzene ring substituents is 1. The normalized spacial score (nSPS) is 8.42. The van der Waals surface area contributed by atoms with Crippen molar-refractivity contribution in [3.63, 3.8) is 0 Å². The summed E-state index contributed by atoms with van der Waals surface area (Å²) in [6.45, 7) is 0. The smallest absolute Gasteiger partial charge is 0.258 e. The molecule has 0 saturated heterocycles. The van der Waals surface area contributed by atoms with Crippen LogP contribution in [0.4, 0.5) is 5.69 Å². The Bertz CT molecular complexity index is 365. The Morgan fingerprint density at radius 1 is 1.50 bits per heavy atom.